The molecule has 0 spiro atoms. The Morgan fingerprint density at radius 3 is 2.69 bits per heavy atom. The minimum Gasteiger partial charge on any atom is -0.309 e. The summed E-state index contributed by atoms with van der Waals surface area (Å²) in [5, 5.41) is 0. The van der Waals surface area contributed by atoms with Crippen LogP contribution in [-0.2, 0) is 4.79 Å². The van der Waals surface area contributed by atoms with Gasteiger partial charge in [0.05, 0.1) is 6.54 Å². The molecule has 0 aromatic rings. The van der Waals surface area contributed by atoms with Crippen LogP contribution in [-0.4, -0.2) is 55.4 Å². The molecule has 1 heterocycles. The summed E-state index contributed by atoms with van der Waals surface area (Å²) in [5.41, 5.74) is 0. The highest BCUT2D eigenvalue weighted by molar-refractivity contribution is 5.82. The van der Waals surface area contributed by atoms with Crippen LogP contribution in [0.4, 0.5) is 0 Å². The van der Waals surface area contributed by atoms with Crippen molar-refractivity contribution in [2.45, 2.75) is 25.8 Å². The van der Waals surface area contributed by atoms with E-state index >= 15 is 0 Å². The number of nitrogens with zero attached hydrogens (tertiary/aromatic N) is 2. The molecule has 0 saturated carbocycles. The molecule has 1 saturated heterocycles. The predicted octanol–water partition coefficient (Wildman–Crippen LogP) is 0.601. The van der Waals surface area contributed by atoms with Crippen molar-refractivity contribution < 1.29 is 4.79 Å². The van der Waals surface area contributed by atoms with Crippen LogP contribution in [0.15, 0.2) is 0 Å². The number of carbonyl (C=O) groups excluding carboxylic acids is 1. The zero-order valence-electron chi connectivity index (χ0n) is 8.92. The molecule has 0 aromatic heterocycles. The largest absolute Gasteiger partial charge is 0.309 e. The van der Waals surface area contributed by atoms with E-state index in [1.54, 1.807) is 0 Å². The van der Waals surface area contributed by atoms with Gasteiger partial charge in [-0.2, -0.15) is 0 Å². The quantitative estimate of drug-likeness (QED) is 0.639. The first-order valence-electron chi connectivity index (χ1n) is 5.00. The first-order chi connectivity index (χ1) is 6.09. The fourth-order valence-corrected chi connectivity index (χ4v) is 1.66. The van der Waals surface area contributed by atoms with Crippen molar-refractivity contribution in [3.8, 4) is 0 Å². The molecule has 1 rings (SSSR count). The second-order valence-corrected chi connectivity index (χ2v) is 4.20. The number of likely N-dealkylation sites (tertiary alicyclic amines) is 1. The van der Waals surface area contributed by atoms with Crippen LogP contribution in [0.25, 0.3) is 0 Å². The van der Waals surface area contributed by atoms with Crippen molar-refractivity contribution in [3.63, 3.8) is 0 Å². The highest BCUT2D eigenvalue weighted by Gasteiger charge is 2.23. The normalized spacial score (nSPS) is 21.4. The molecule has 3 nitrogen and oxygen atoms in total. The third-order valence-electron chi connectivity index (χ3n) is 2.67. The van der Waals surface area contributed by atoms with E-state index < -0.39 is 0 Å². The Labute approximate surface area is 80.7 Å². The molecule has 76 valence electrons. The molecule has 1 unspecified atom stereocenters. The molecule has 0 aliphatic carbocycles. The molecular formula is C10H20N2O. The van der Waals surface area contributed by atoms with Gasteiger partial charge in [0, 0.05) is 19.0 Å². The standard InChI is InChI=1S/C10H20N2O/c1-9(4-6-11(2)3)12-7-5-10(13)8-12/h9H,4-8H2,1-3H3. The van der Waals surface area contributed by atoms with Crippen molar-refractivity contribution in [1.82, 2.24) is 9.80 Å². The molecule has 1 fully saturated rings. The number of Topliss-reactive ketones (excluding diaryl/α,β-unsaturated/α-hetero) is 1. The van der Waals surface area contributed by atoms with Gasteiger partial charge < -0.3 is 4.90 Å². The van der Waals surface area contributed by atoms with E-state index in [1.165, 1.54) is 0 Å². The Balaban J connectivity index is 2.23. The van der Waals surface area contributed by atoms with Gasteiger partial charge >= 0.3 is 0 Å². The van der Waals surface area contributed by atoms with E-state index in [-0.39, 0.29) is 0 Å². The smallest absolute Gasteiger partial charge is 0.148 e. The molecule has 0 amide bonds. The van der Waals surface area contributed by atoms with E-state index in [4.69, 9.17) is 0 Å². The fourth-order valence-electron chi connectivity index (χ4n) is 1.66. The lowest BCUT2D eigenvalue weighted by atomic mass is 10.2. The lowest BCUT2D eigenvalue weighted by molar-refractivity contribution is -0.117. The summed E-state index contributed by atoms with van der Waals surface area (Å²) in [7, 11) is 4.17. The number of hydrogen-bond acceptors (Lipinski definition) is 3. The van der Waals surface area contributed by atoms with E-state index in [9.17, 15) is 4.79 Å². The molecule has 13 heavy (non-hydrogen) atoms. The van der Waals surface area contributed by atoms with Crippen LogP contribution in [0.1, 0.15) is 19.8 Å². The third kappa shape index (κ3) is 3.44. The lowest BCUT2D eigenvalue weighted by Gasteiger charge is -2.24. The first kappa shape index (κ1) is 10.7. The van der Waals surface area contributed by atoms with Gasteiger partial charge in [-0.05, 0) is 34.0 Å². The van der Waals surface area contributed by atoms with Crippen LogP contribution in [0.5, 0.6) is 0 Å². The maximum atomic E-state index is 11.0. The third-order valence-corrected chi connectivity index (χ3v) is 2.67. The summed E-state index contributed by atoms with van der Waals surface area (Å²) in [6, 6.07) is 0.550. The van der Waals surface area contributed by atoms with Crippen molar-refractivity contribution in [2.24, 2.45) is 0 Å². The summed E-state index contributed by atoms with van der Waals surface area (Å²) >= 11 is 0. The van der Waals surface area contributed by atoms with Crippen LogP contribution in [0, 0.1) is 0 Å². The van der Waals surface area contributed by atoms with Gasteiger partial charge in [0.1, 0.15) is 5.78 Å². The topological polar surface area (TPSA) is 23.6 Å². The van der Waals surface area contributed by atoms with Gasteiger partial charge in [0.15, 0.2) is 0 Å². The highest BCUT2D eigenvalue weighted by Crippen LogP contribution is 2.11. The highest BCUT2D eigenvalue weighted by atomic mass is 16.1. The second-order valence-electron chi connectivity index (χ2n) is 4.20. The Morgan fingerprint density at radius 1 is 1.54 bits per heavy atom. The maximum absolute atomic E-state index is 11.0. The molecule has 1 atom stereocenters. The monoisotopic (exact) mass is 184 g/mol. The van der Waals surface area contributed by atoms with E-state index in [1.807, 2.05) is 0 Å². The van der Waals surface area contributed by atoms with Gasteiger partial charge in [0.25, 0.3) is 0 Å². The summed E-state index contributed by atoms with van der Waals surface area (Å²) in [6.45, 7) is 4.95. The zero-order valence-corrected chi connectivity index (χ0v) is 8.92. The maximum Gasteiger partial charge on any atom is 0.148 e. The van der Waals surface area contributed by atoms with Crippen molar-refractivity contribution in [3.05, 3.63) is 0 Å². The zero-order chi connectivity index (χ0) is 9.84. The molecule has 1 aliphatic rings. The van der Waals surface area contributed by atoms with Gasteiger partial charge in [0.2, 0.25) is 0 Å². The van der Waals surface area contributed by atoms with E-state index in [0.29, 0.717) is 18.4 Å². The summed E-state index contributed by atoms with van der Waals surface area (Å²) in [4.78, 5) is 15.5. The minimum absolute atomic E-state index is 0.400. The van der Waals surface area contributed by atoms with Crippen molar-refractivity contribution >= 4 is 5.78 Å². The Hall–Kier alpha value is -0.410. The van der Waals surface area contributed by atoms with Gasteiger partial charge in [-0.3, -0.25) is 9.69 Å². The van der Waals surface area contributed by atoms with Gasteiger partial charge in [-0.1, -0.05) is 0 Å². The first-order valence-corrected chi connectivity index (χ1v) is 5.00. The molecule has 0 N–H and O–H groups in total. The number of rotatable bonds is 4. The molecule has 0 aromatic carbocycles. The van der Waals surface area contributed by atoms with Crippen LogP contribution in [0.3, 0.4) is 0 Å². The van der Waals surface area contributed by atoms with E-state index in [0.717, 1.165) is 25.9 Å². The van der Waals surface area contributed by atoms with Crippen LogP contribution >= 0.6 is 0 Å². The minimum atomic E-state index is 0.400. The fraction of sp³-hybridized carbons (Fsp3) is 0.900. The Morgan fingerprint density at radius 2 is 2.23 bits per heavy atom. The van der Waals surface area contributed by atoms with Crippen molar-refractivity contribution in [1.29, 1.82) is 0 Å². The molecular weight excluding hydrogens is 164 g/mol. The summed E-state index contributed by atoms with van der Waals surface area (Å²) < 4.78 is 0. The number of ketones is 1. The Bertz CT molecular complexity index is 180. The average molecular weight is 184 g/mol. The van der Waals surface area contributed by atoms with Crippen molar-refractivity contribution in [2.75, 3.05) is 33.7 Å². The van der Waals surface area contributed by atoms with Crippen LogP contribution < -0.4 is 0 Å². The second kappa shape index (κ2) is 4.72. The Kier molecular flexibility index (Phi) is 3.88. The lowest BCUT2D eigenvalue weighted by Crippen LogP contribution is -2.33. The van der Waals surface area contributed by atoms with E-state index in [2.05, 4.69) is 30.8 Å². The van der Waals surface area contributed by atoms with Crippen LogP contribution in [0.2, 0.25) is 0 Å². The summed E-state index contributed by atoms with van der Waals surface area (Å²) in [6.07, 6.45) is 1.91. The predicted molar refractivity (Wildman–Crippen MR) is 53.8 cm³/mol. The number of hydrogen-bond donors (Lipinski definition) is 0. The molecule has 3 heteroatoms. The van der Waals surface area contributed by atoms with Gasteiger partial charge in [-0.25, -0.2) is 0 Å². The molecule has 1 aliphatic heterocycles. The SMILES string of the molecule is CC(CCN(C)C)N1CCC(=O)C1. The number of carbonyl (C=O) groups is 1. The molecule has 0 radical (unpaired) electrons. The average Bonchev–Trinajstić information content (AvgIpc) is 2.47. The summed E-state index contributed by atoms with van der Waals surface area (Å²) in [5.74, 6) is 0.400. The molecule has 0 bridgehead atoms. The van der Waals surface area contributed by atoms with Gasteiger partial charge in [-0.15, -0.1) is 0 Å².